The van der Waals surface area contributed by atoms with Gasteiger partial charge in [-0.2, -0.15) is 5.10 Å². The van der Waals surface area contributed by atoms with Crippen molar-refractivity contribution in [2.75, 3.05) is 5.32 Å². The standard InChI is InChI=1S/C12H12N6O2S2/c1-7-6-14-12(8-2-3-10(21-8)22(13,19)20)17-11(7)16-9-4-5-15-18-9/h2-6H,1H3,(H2,13,19,20)(H2,14,15,16,17,18). The Morgan fingerprint density at radius 1 is 1.32 bits per heavy atom. The predicted octanol–water partition coefficient (Wildman–Crippen LogP) is 1.63. The van der Waals surface area contributed by atoms with Crippen LogP contribution < -0.4 is 10.5 Å². The van der Waals surface area contributed by atoms with Crippen LogP contribution in [0.4, 0.5) is 11.6 Å². The van der Waals surface area contributed by atoms with Gasteiger partial charge in [-0.1, -0.05) is 0 Å². The van der Waals surface area contributed by atoms with E-state index in [4.69, 9.17) is 5.14 Å². The van der Waals surface area contributed by atoms with Crippen molar-refractivity contribution < 1.29 is 8.42 Å². The summed E-state index contributed by atoms with van der Waals surface area (Å²) in [6.45, 7) is 1.87. The summed E-state index contributed by atoms with van der Waals surface area (Å²) in [6.07, 6.45) is 3.29. The van der Waals surface area contributed by atoms with Crippen molar-refractivity contribution in [3.05, 3.63) is 36.2 Å². The molecule has 0 amide bonds. The molecule has 3 rings (SSSR count). The average molecular weight is 336 g/mol. The summed E-state index contributed by atoms with van der Waals surface area (Å²) in [5.74, 6) is 1.73. The van der Waals surface area contributed by atoms with Gasteiger partial charge in [0.1, 0.15) is 15.8 Å². The van der Waals surface area contributed by atoms with Crippen LogP contribution in [0, 0.1) is 6.92 Å². The van der Waals surface area contributed by atoms with Crippen molar-refractivity contribution in [2.45, 2.75) is 11.1 Å². The van der Waals surface area contributed by atoms with Gasteiger partial charge in [0.2, 0.25) is 10.0 Å². The van der Waals surface area contributed by atoms with E-state index in [1.165, 1.54) is 6.07 Å². The number of nitrogens with two attached hydrogens (primary N) is 1. The minimum absolute atomic E-state index is 0.0785. The first kappa shape index (κ1) is 14.6. The molecule has 0 radical (unpaired) electrons. The van der Waals surface area contributed by atoms with E-state index in [9.17, 15) is 8.42 Å². The van der Waals surface area contributed by atoms with Gasteiger partial charge in [0.15, 0.2) is 5.82 Å². The van der Waals surface area contributed by atoms with E-state index >= 15 is 0 Å². The first-order chi connectivity index (χ1) is 10.4. The number of hydrogen-bond acceptors (Lipinski definition) is 7. The number of nitrogens with one attached hydrogen (secondary N) is 2. The molecule has 0 atom stereocenters. The Morgan fingerprint density at radius 2 is 2.14 bits per heavy atom. The number of nitrogens with zero attached hydrogens (tertiary/aromatic N) is 3. The molecule has 0 aliphatic carbocycles. The van der Waals surface area contributed by atoms with E-state index in [2.05, 4.69) is 25.5 Å². The number of hydrogen-bond donors (Lipinski definition) is 3. The maximum absolute atomic E-state index is 11.3. The van der Waals surface area contributed by atoms with E-state index in [1.54, 1.807) is 24.5 Å². The summed E-state index contributed by atoms with van der Waals surface area (Å²) < 4.78 is 22.7. The van der Waals surface area contributed by atoms with Gasteiger partial charge >= 0.3 is 0 Å². The highest BCUT2D eigenvalue weighted by Crippen LogP contribution is 2.29. The Kier molecular flexibility index (Phi) is 3.64. The molecule has 3 aromatic rings. The largest absolute Gasteiger partial charge is 0.325 e. The fourth-order valence-corrected chi connectivity index (χ4v) is 3.40. The third-order valence-electron chi connectivity index (χ3n) is 2.81. The lowest BCUT2D eigenvalue weighted by molar-refractivity contribution is 0.600. The van der Waals surface area contributed by atoms with Gasteiger partial charge in [0, 0.05) is 17.8 Å². The van der Waals surface area contributed by atoms with Gasteiger partial charge in [-0.25, -0.2) is 23.5 Å². The summed E-state index contributed by atoms with van der Waals surface area (Å²) in [5, 5.41) is 14.8. The molecule has 3 heterocycles. The minimum Gasteiger partial charge on any atom is -0.325 e. The molecule has 0 bridgehead atoms. The Balaban J connectivity index is 1.96. The van der Waals surface area contributed by atoms with Crippen LogP contribution in [0.2, 0.25) is 0 Å². The van der Waals surface area contributed by atoms with Crippen LogP contribution in [0.5, 0.6) is 0 Å². The number of sulfonamides is 1. The SMILES string of the molecule is Cc1cnc(-c2ccc(S(N)(=O)=O)s2)nc1Nc1ccn[nH]1. The van der Waals surface area contributed by atoms with Crippen LogP contribution in [0.3, 0.4) is 0 Å². The van der Waals surface area contributed by atoms with Gasteiger partial charge in [-0.05, 0) is 19.1 Å². The zero-order valence-corrected chi connectivity index (χ0v) is 13.1. The quantitative estimate of drug-likeness (QED) is 0.664. The number of aryl methyl sites for hydroxylation is 1. The molecule has 22 heavy (non-hydrogen) atoms. The van der Waals surface area contributed by atoms with Crippen LogP contribution in [0.25, 0.3) is 10.7 Å². The summed E-state index contributed by atoms with van der Waals surface area (Å²) >= 11 is 1.03. The zero-order valence-electron chi connectivity index (χ0n) is 11.4. The number of H-pyrrole nitrogens is 1. The van der Waals surface area contributed by atoms with Gasteiger partial charge in [0.05, 0.1) is 11.1 Å². The molecule has 3 aromatic heterocycles. The van der Waals surface area contributed by atoms with E-state index < -0.39 is 10.0 Å². The first-order valence-electron chi connectivity index (χ1n) is 6.16. The molecule has 4 N–H and O–H groups in total. The lowest BCUT2D eigenvalue weighted by Gasteiger charge is -2.07. The summed E-state index contributed by atoms with van der Waals surface area (Å²) in [6, 6.07) is 4.85. The van der Waals surface area contributed by atoms with E-state index in [0.717, 1.165) is 16.9 Å². The molecule has 0 aromatic carbocycles. The second-order valence-corrected chi connectivity index (χ2v) is 7.36. The monoisotopic (exact) mass is 336 g/mol. The van der Waals surface area contributed by atoms with Crippen molar-refractivity contribution in [3.8, 4) is 10.7 Å². The summed E-state index contributed by atoms with van der Waals surface area (Å²) in [4.78, 5) is 9.27. The van der Waals surface area contributed by atoms with Crippen molar-refractivity contribution in [2.24, 2.45) is 5.14 Å². The van der Waals surface area contributed by atoms with Gasteiger partial charge in [-0.3, -0.25) is 5.10 Å². The van der Waals surface area contributed by atoms with Gasteiger partial charge < -0.3 is 5.32 Å². The van der Waals surface area contributed by atoms with Crippen LogP contribution in [-0.4, -0.2) is 28.6 Å². The van der Waals surface area contributed by atoms with Gasteiger partial charge in [-0.15, -0.1) is 11.3 Å². The maximum atomic E-state index is 11.3. The lowest BCUT2D eigenvalue weighted by atomic mass is 10.3. The minimum atomic E-state index is -3.72. The van der Waals surface area contributed by atoms with Crippen LogP contribution in [-0.2, 0) is 10.0 Å². The Bertz CT molecular complexity index is 902. The molecule has 0 spiro atoms. The Hall–Kier alpha value is -2.30. The fourth-order valence-electron chi connectivity index (χ4n) is 1.73. The van der Waals surface area contributed by atoms with Crippen molar-refractivity contribution >= 4 is 33.0 Å². The third kappa shape index (κ3) is 2.98. The molecule has 0 aliphatic rings. The van der Waals surface area contributed by atoms with Crippen LogP contribution >= 0.6 is 11.3 Å². The Labute approximate surface area is 130 Å². The number of aromatic amines is 1. The van der Waals surface area contributed by atoms with E-state index in [1.807, 2.05) is 6.92 Å². The number of thiophene rings is 1. The van der Waals surface area contributed by atoms with E-state index in [0.29, 0.717) is 22.3 Å². The second-order valence-electron chi connectivity index (χ2n) is 4.48. The molecule has 0 saturated carbocycles. The number of primary sulfonamides is 1. The number of aromatic nitrogens is 4. The number of rotatable bonds is 4. The molecular formula is C12H12N6O2S2. The van der Waals surface area contributed by atoms with Crippen molar-refractivity contribution in [1.82, 2.24) is 20.2 Å². The molecule has 0 unspecified atom stereocenters. The highest BCUT2D eigenvalue weighted by atomic mass is 32.2. The average Bonchev–Trinajstić information content (AvgIpc) is 3.11. The molecule has 8 nitrogen and oxygen atoms in total. The molecular weight excluding hydrogens is 324 g/mol. The highest BCUT2D eigenvalue weighted by Gasteiger charge is 2.14. The van der Waals surface area contributed by atoms with Crippen LogP contribution in [0.1, 0.15) is 5.56 Å². The predicted molar refractivity (Wildman–Crippen MR) is 83.3 cm³/mol. The molecule has 114 valence electrons. The Morgan fingerprint density at radius 3 is 2.77 bits per heavy atom. The fraction of sp³-hybridized carbons (Fsp3) is 0.0833. The van der Waals surface area contributed by atoms with Crippen LogP contribution in [0.15, 0.2) is 34.8 Å². The van der Waals surface area contributed by atoms with Gasteiger partial charge in [0.25, 0.3) is 0 Å². The zero-order chi connectivity index (χ0) is 15.7. The summed E-state index contributed by atoms with van der Waals surface area (Å²) in [5.41, 5.74) is 0.849. The second kappa shape index (κ2) is 5.48. The maximum Gasteiger partial charge on any atom is 0.247 e. The van der Waals surface area contributed by atoms with E-state index in [-0.39, 0.29) is 4.21 Å². The highest BCUT2D eigenvalue weighted by molar-refractivity contribution is 7.91. The normalized spacial score (nSPS) is 11.5. The first-order valence-corrected chi connectivity index (χ1v) is 8.53. The molecule has 0 saturated heterocycles. The van der Waals surface area contributed by atoms with Crippen molar-refractivity contribution in [1.29, 1.82) is 0 Å². The third-order valence-corrected chi connectivity index (χ3v) is 5.33. The topological polar surface area (TPSA) is 127 Å². The molecule has 0 fully saturated rings. The molecule has 0 aliphatic heterocycles. The van der Waals surface area contributed by atoms with Crippen molar-refractivity contribution in [3.63, 3.8) is 0 Å². The smallest absolute Gasteiger partial charge is 0.247 e. The summed E-state index contributed by atoms with van der Waals surface area (Å²) in [7, 11) is -3.72. The number of anilines is 2. The lowest BCUT2D eigenvalue weighted by Crippen LogP contribution is -2.09. The molecule has 10 heteroatoms.